The molecule has 2 unspecified atom stereocenters. The van der Waals surface area contributed by atoms with E-state index in [0.717, 1.165) is 18.5 Å². The van der Waals surface area contributed by atoms with Gasteiger partial charge in [0.05, 0.1) is 0 Å². The van der Waals surface area contributed by atoms with Crippen molar-refractivity contribution < 1.29 is 0 Å². The van der Waals surface area contributed by atoms with E-state index >= 15 is 0 Å². The molecule has 1 heteroatoms. The Morgan fingerprint density at radius 1 is 1.21 bits per heavy atom. The fraction of sp³-hybridized carbons (Fsp3) is 0.444. The van der Waals surface area contributed by atoms with Crippen LogP contribution in [0.4, 0.5) is 0 Å². The summed E-state index contributed by atoms with van der Waals surface area (Å²) in [4.78, 5) is 0. The first-order chi connectivity index (χ1) is 9.30. The fourth-order valence-electron chi connectivity index (χ4n) is 2.90. The lowest BCUT2D eigenvalue weighted by Crippen LogP contribution is -2.00. The molecule has 0 aromatic rings. The van der Waals surface area contributed by atoms with Crippen LogP contribution in [-0.2, 0) is 0 Å². The second-order valence-electron chi connectivity index (χ2n) is 5.36. The molecule has 2 aliphatic rings. The summed E-state index contributed by atoms with van der Waals surface area (Å²) >= 11 is 0. The van der Waals surface area contributed by atoms with Crippen LogP contribution in [-0.4, -0.2) is 11.8 Å². The fourth-order valence-corrected chi connectivity index (χ4v) is 5.94. The third-order valence-electron chi connectivity index (χ3n) is 3.83. The standard InChI is InChI=1S/C18H25P/c1-4-7-8-11-19-17(10-6-3)14-16-12-15(9-5-2)13-18(16)19/h5-6,12-14,17H,2-4,7-11H2,1H3. The molecule has 19 heavy (non-hydrogen) atoms. The first kappa shape index (κ1) is 14.5. The predicted molar refractivity (Wildman–Crippen MR) is 89.0 cm³/mol. The van der Waals surface area contributed by atoms with E-state index in [1.54, 1.807) is 5.31 Å². The van der Waals surface area contributed by atoms with Crippen LogP contribution in [0, 0.1) is 0 Å². The van der Waals surface area contributed by atoms with Crippen LogP contribution in [0.3, 0.4) is 0 Å². The summed E-state index contributed by atoms with van der Waals surface area (Å²) in [6.45, 7) is 10.1. The van der Waals surface area contributed by atoms with Gasteiger partial charge in [-0.3, -0.25) is 0 Å². The predicted octanol–water partition coefficient (Wildman–Crippen LogP) is 5.94. The summed E-state index contributed by atoms with van der Waals surface area (Å²) in [6, 6.07) is 0. The van der Waals surface area contributed by atoms with Crippen LogP contribution >= 0.6 is 7.92 Å². The highest BCUT2D eigenvalue weighted by Crippen LogP contribution is 2.62. The molecule has 0 aromatic heterocycles. The van der Waals surface area contributed by atoms with E-state index in [1.807, 2.05) is 6.08 Å². The average Bonchev–Trinajstić information content (AvgIpc) is 2.90. The Kier molecular flexibility index (Phi) is 5.40. The molecule has 0 fully saturated rings. The molecule has 0 aromatic carbocycles. The first-order valence-electron chi connectivity index (χ1n) is 7.43. The smallest absolute Gasteiger partial charge is 0.00544 e. The van der Waals surface area contributed by atoms with Crippen molar-refractivity contribution in [2.45, 2.75) is 44.7 Å². The lowest BCUT2D eigenvalue weighted by atomic mass is 10.2. The van der Waals surface area contributed by atoms with Crippen molar-refractivity contribution >= 4 is 7.92 Å². The number of rotatable bonds is 8. The van der Waals surface area contributed by atoms with Gasteiger partial charge < -0.3 is 0 Å². The van der Waals surface area contributed by atoms with Gasteiger partial charge in [-0.1, -0.05) is 58.1 Å². The number of hydrogen-bond acceptors (Lipinski definition) is 0. The molecule has 1 aliphatic carbocycles. The monoisotopic (exact) mass is 272 g/mol. The van der Waals surface area contributed by atoms with Crippen LogP contribution in [0.5, 0.6) is 0 Å². The molecule has 2 atom stereocenters. The minimum absolute atomic E-state index is 0.00712. The molecule has 0 spiro atoms. The molecule has 0 radical (unpaired) electrons. The minimum atomic E-state index is 0.00712. The normalized spacial score (nSPS) is 24.6. The van der Waals surface area contributed by atoms with Crippen LogP contribution in [0.25, 0.3) is 0 Å². The molecule has 0 bridgehead atoms. The number of allylic oxidation sites excluding steroid dienone is 8. The molecule has 0 nitrogen and oxygen atoms in total. The molecule has 0 saturated carbocycles. The van der Waals surface area contributed by atoms with Crippen LogP contribution in [0.15, 0.2) is 60.0 Å². The highest BCUT2D eigenvalue weighted by Gasteiger charge is 2.31. The van der Waals surface area contributed by atoms with E-state index in [4.69, 9.17) is 0 Å². The number of unbranched alkanes of at least 4 members (excludes halogenated alkanes) is 2. The second-order valence-corrected chi connectivity index (χ2v) is 7.89. The Hall–Kier alpha value is -0.870. The molecule has 0 saturated heterocycles. The van der Waals surface area contributed by atoms with Crippen molar-refractivity contribution in [3.63, 3.8) is 0 Å². The molecule has 1 aliphatic heterocycles. The quantitative estimate of drug-likeness (QED) is 0.291. The van der Waals surface area contributed by atoms with Crippen molar-refractivity contribution in [2.75, 3.05) is 6.16 Å². The highest BCUT2D eigenvalue weighted by atomic mass is 31.1. The van der Waals surface area contributed by atoms with Crippen LogP contribution in [0.2, 0.25) is 0 Å². The minimum Gasteiger partial charge on any atom is -0.103 e. The zero-order chi connectivity index (χ0) is 13.7. The Balaban J connectivity index is 2.09. The zero-order valence-electron chi connectivity index (χ0n) is 12.1. The van der Waals surface area contributed by atoms with Crippen LogP contribution in [0.1, 0.15) is 39.0 Å². The van der Waals surface area contributed by atoms with Crippen molar-refractivity contribution in [1.82, 2.24) is 0 Å². The van der Waals surface area contributed by atoms with E-state index < -0.39 is 0 Å². The van der Waals surface area contributed by atoms with Gasteiger partial charge in [0, 0.05) is 5.66 Å². The summed E-state index contributed by atoms with van der Waals surface area (Å²) < 4.78 is 0. The third-order valence-corrected chi connectivity index (χ3v) is 6.80. The van der Waals surface area contributed by atoms with Crippen molar-refractivity contribution in [3.05, 3.63) is 60.0 Å². The molecule has 0 N–H and O–H groups in total. The maximum atomic E-state index is 3.93. The topological polar surface area (TPSA) is 0 Å². The van der Waals surface area contributed by atoms with Gasteiger partial charge in [0.1, 0.15) is 0 Å². The van der Waals surface area contributed by atoms with Crippen molar-refractivity contribution in [3.8, 4) is 0 Å². The third kappa shape index (κ3) is 3.37. The maximum absolute atomic E-state index is 3.93. The van der Waals surface area contributed by atoms with Gasteiger partial charge in [0.15, 0.2) is 0 Å². The summed E-state index contributed by atoms with van der Waals surface area (Å²) in [5.74, 6) is 0. The Morgan fingerprint density at radius 2 is 2.05 bits per heavy atom. The van der Waals surface area contributed by atoms with Gasteiger partial charge in [-0.25, -0.2) is 0 Å². The zero-order valence-corrected chi connectivity index (χ0v) is 13.0. The van der Waals surface area contributed by atoms with E-state index in [0.29, 0.717) is 0 Å². The maximum Gasteiger partial charge on any atom is 0.00544 e. The summed E-state index contributed by atoms with van der Waals surface area (Å²) in [5, 5.41) is 1.65. The lowest BCUT2D eigenvalue weighted by molar-refractivity contribution is 0.774. The van der Waals surface area contributed by atoms with Gasteiger partial charge >= 0.3 is 0 Å². The summed E-state index contributed by atoms with van der Waals surface area (Å²) in [6.07, 6.45) is 19.0. The molecular formula is C18H25P. The molecular weight excluding hydrogens is 247 g/mol. The Morgan fingerprint density at radius 3 is 2.74 bits per heavy atom. The number of hydrogen-bond donors (Lipinski definition) is 0. The van der Waals surface area contributed by atoms with E-state index in [2.05, 4.69) is 44.4 Å². The SMILES string of the molecule is C=CCC1=CC2=CC(CC=C)P(CCCCC)C2=C1. The second kappa shape index (κ2) is 7.06. The van der Waals surface area contributed by atoms with E-state index in [-0.39, 0.29) is 7.92 Å². The van der Waals surface area contributed by atoms with Gasteiger partial charge in [-0.05, 0) is 41.9 Å². The van der Waals surface area contributed by atoms with Gasteiger partial charge in [-0.2, -0.15) is 0 Å². The van der Waals surface area contributed by atoms with Gasteiger partial charge in [0.25, 0.3) is 0 Å². The Labute approximate surface area is 119 Å². The van der Waals surface area contributed by atoms with Gasteiger partial charge in [0.2, 0.25) is 0 Å². The van der Waals surface area contributed by atoms with Crippen LogP contribution < -0.4 is 0 Å². The van der Waals surface area contributed by atoms with Crippen molar-refractivity contribution in [1.29, 1.82) is 0 Å². The highest BCUT2D eigenvalue weighted by molar-refractivity contribution is 7.63. The Bertz CT molecular complexity index is 437. The average molecular weight is 272 g/mol. The molecule has 0 amide bonds. The lowest BCUT2D eigenvalue weighted by Gasteiger charge is -2.20. The molecule has 2 rings (SSSR count). The largest absolute Gasteiger partial charge is 0.103 e. The van der Waals surface area contributed by atoms with E-state index in [9.17, 15) is 0 Å². The first-order valence-corrected chi connectivity index (χ1v) is 9.02. The van der Waals surface area contributed by atoms with Crippen molar-refractivity contribution in [2.24, 2.45) is 0 Å². The summed E-state index contributed by atoms with van der Waals surface area (Å²) in [5.41, 5.74) is 3.69. The summed E-state index contributed by atoms with van der Waals surface area (Å²) in [7, 11) is 0.00712. The van der Waals surface area contributed by atoms with Gasteiger partial charge in [-0.15, -0.1) is 13.2 Å². The molecule has 1 heterocycles. The number of fused-ring (bicyclic) bond motifs is 1. The molecule has 102 valence electrons. The van der Waals surface area contributed by atoms with E-state index in [1.165, 1.54) is 36.6 Å².